The third-order valence-corrected chi connectivity index (χ3v) is 17.2. The van der Waals surface area contributed by atoms with E-state index in [-0.39, 0.29) is 10.5 Å². The summed E-state index contributed by atoms with van der Waals surface area (Å²) in [7, 11) is 1.70. The molecule has 0 heterocycles. The maximum absolute atomic E-state index is 6.80. The number of ether oxygens (including phenoxy) is 1. The molecule has 5 aromatic rings. The molecule has 0 bridgehead atoms. The third kappa shape index (κ3) is 6.45. The van der Waals surface area contributed by atoms with Gasteiger partial charge in [0.05, 0.1) is 22.1 Å². The van der Waals surface area contributed by atoms with E-state index < -0.39 is 4.44 Å². The average molecular weight is 569 g/mol. The van der Waals surface area contributed by atoms with Crippen molar-refractivity contribution in [1.82, 2.24) is 0 Å². The second-order valence-corrected chi connectivity index (χ2v) is 20.0. The lowest BCUT2D eigenvalue weighted by Crippen LogP contribution is -2.06. The predicted octanol–water partition coefficient (Wildman–Crippen LogP) is 9.68. The van der Waals surface area contributed by atoms with Crippen LogP contribution < -0.4 is 10.0 Å². The first-order chi connectivity index (χ1) is 18.7. The molecule has 0 spiro atoms. The molecule has 0 atom stereocenters. The molecule has 0 aliphatic heterocycles. The van der Waals surface area contributed by atoms with Crippen LogP contribution in [0.3, 0.4) is 0 Å². The second-order valence-electron chi connectivity index (χ2n) is 8.81. The van der Waals surface area contributed by atoms with Gasteiger partial charge in [0.1, 0.15) is 5.75 Å². The highest BCUT2D eigenvalue weighted by Gasteiger charge is 2.32. The Hall–Kier alpha value is -2.75. The maximum Gasteiger partial charge on any atom is 0.118 e. The fraction of sp³-hybridized carbons (Fsp3) is 0.0909. The molecule has 5 rings (SSSR count). The molecule has 0 aliphatic rings. The van der Waals surface area contributed by atoms with Crippen molar-refractivity contribution in [2.24, 2.45) is 0 Å². The summed E-state index contributed by atoms with van der Waals surface area (Å²) in [6.07, 6.45) is 0. The lowest BCUT2D eigenvalue weighted by molar-refractivity contribution is 0.415. The van der Waals surface area contributed by atoms with Gasteiger partial charge in [0, 0.05) is 5.30 Å². The first kappa shape index (κ1) is 26.8. The van der Waals surface area contributed by atoms with Crippen LogP contribution in [0.1, 0.15) is 32.8 Å². The van der Waals surface area contributed by atoms with Crippen LogP contribution in [0.5, 0.6) is 5.75 Å². The summed E-state index contributed by atoms with van der Waals surface area (Å²) in [5.41, 5.74) is 5.07. The Bertz CT molecular complexity index is 1290. The molecular formula is C33H29OPS3. The summed E-state index contributed by atoms with van der Waals surface area (Å²) < 4.78 is 3.22. The lowest BCUT2D eigenvalue weighted by Gasteiger charge is -2.31. The van der Waals surface area contributed by atoms with Gasteiger partial charge in [-0.15, -0.1) is 0 Å². The van der Waals surface area contributed by atoms with Crippen molar-refractivity contribution in [2.75, 3.05) is 7.11 Å². The van der Waals surface area contributed by atoms with Crippen LogP contribution >= 0.6 is 27.2 Å². The second kappa shape index (κ2) is 12.9. The highest BCUT2D eigenvalue weighted by Crippen LogP contribution is 2.76. The Kier molecular flexibility index (Phi) is 9.09. The molecule has 1 nitrogen and oxygen atoms in total. The van der Waals surface area contributed by atoms with Crippen molar-refractivity contribution >= 4 is 44.3 Å². The Morgan fingerprint density at radius 2 is 0.816 bits per heavy atom. The van der Waals surface area contributed by atoms with Gasteiger partial charge in [-0.1, -0.05) is 156 Å². The summed E-state index contributed by atoms with van der Waals surface area (Å²) in [6.45, 7) is 0. The Morgan fingerprint density at radius 3 is 1.11 bits per heavy atom. The van der Waals surface area contributed by atoms with Crippen molar-refractivity contribution in [2.45, 2.75) is 10.5 Å². The monoisotopic (exact) mass is 568 g/mol. The van der Waals surface area contributed by atoms with Gasteiger partial charge in [-0.3, -0.25) is 0 Å². The van der Waals surface area contributed by atoms with Crippen molar-refractivity contribution in [1.29, 1.82) is 0 Å². The van der Waals surface area contributed by atoms with E-state index in [0.717, 1.165) is 5.75 Å². The molecule has 0 saturated heterocycles. The fourth-order valence-corrected chi connectivity index (χ4v) is 15.5. The topological polar surface area (TPSA) is 9.23 Å². The van der Waals surface area contributed by atoms with Crippen LogP contribution in [0.15, 0.2) is 146 Å². The standard InChI is InChI=1S/C33H29OPS3/c1-34-30-22-24-31(25-23-30)35(36,37-32(26-14-6-2-7-15-26)27-16-8-3-9-17-27)38-33(28-18-10-4-11-19-28)29-20-12-5-13-21-29/h2-25,32-33H,1H3. The summed E-state index contributed by atoms with van der Waals surface area (Å²) in [5, 5.41) is 1.42. The Labute approximate surface area is 239 Å². The number of methoxy groups -OCH3 is 1. The van der Waals surface area contributed by atoms with Crippen LogP contribution in [0, 0.1) is 0 Å². The number of hydrogen-bond acceptors (Lipinski definition) is 4. The van der Waals surface area contributed by atoms with E-state index in [4.69, 9.17) is 16.5 Å². The van der Waals surface area contributed by atoms with Gasteiger partial charge in [0.15, 0.2) is 0 Å². The first-order valence-corrected chi connectivity index (χ1v) is 18.2. The van der Waals surface area contributed by atoms with Crippen LogP contribution in [0.25, 0.3) is 0 Å². The number of hydrogen-bond donors (Lipinski definition) is 0. The molecule has 0 fully saturated rings. The molecule has 38 heavy (non-hydrogen) atoms. The molecule has 190 valence electrons. The lowest BCUT2D eigenvalue weighted by atomic mass is 10.0. The minimum atomic E-state index is -2.27. The molecule has 0 aliphatic carbocycles. The molecular weight excluding hydrogens is 540 g/mol. The minimum absolute atomic E-state index is 0.116. The SMILES string of the molecule is COc1ccc(P(=S)(SC(c2ccccc2)c2ccccc2)SC(c2ccccc2)c2ccccc2)cc1. The zero-order valence-electron chi connectivity index (χ0n) is 21.1. The summed E-state index contributed by atoms with van der Waals surface area (Å²) in [5.74, 6) is 0.843. The van der Waals surface area contributed by atoms with Crippen molar-refractivity contribution in [3.05, 3.63) is 168 Å². The van der Waals surface area contributed by atoms with Gasteiger partial charge in [0.2, 0.25) is 0 Å². The van der Waals surface area contributed by atoms with Crippen LogP contribution in [0.4, 0.5) is 0 Å². The van der Waals surface area contributed by atoms with Crippen molar-refractivity contribution in [3.63, 3.8) is 0 Å². The highest BCUT2D eigenvalue weighted by molar-refractivity contribution is 9.02. The molecule has 0 N–H and O–H groups in total. The van der Waals surface area contributed by atoms with Gasteiger partial charge in [-0.05, 0) is 46.5 Å². The van der Waals surface area contributed by atoms with E-state index in [0.29, 0.717) is 0 Å². The summed E-state index contributed by atoms with van der Waals surface area (Å²) >= 11 is 10.7. The minimum Gasteiger partial charge on any atom is -0.497 e. The molecule has 0 radical (unpaired) electrons. The molecule has 5 aromatic carbocycles. The van der Waals surface area contributed by atoms with E-state index in [1.54, 1.807) is 7.11 Å². The highest BCUT2D eigenvalue weighted by atomic mass is 33.2. The fourth-order valence-electron chi connectivity index (χ4n) is 4.33. The van der Waals surface area contributed by atoms with Crippen molar-refractivity contribution < 1.29 is 4.74 Å². The quantitative estimate of drug-likeness (QED) is 0.155. The third-order valence-electron chi connectivity index (χ3n) is 6.29. The average Bonchev–Trinajstić information content (AvgIpc) is 3.00. The number of rotatable bonds is 10. The van der Waals surface area contributed by atoms with Crippen molar-refractivity contribution in [3.8, 4) is 5.75 Å². The normalized spacial score (nSPS) is 11.6. The zero-order chi connectivity index (χ0) is 26.2. The van der Waals surface area contributed by atoms with Gasteiger partial charge in [-0.2, -0.15) is 0 Å². The van der Waals surface area contributed by atoms with E-state index >= 15 is 0 Å². The molecule has 0 unspecified atom stereocenters. The smallest absolute Gasteiger partial charge is 0.118 e. The Balaban J connectivity index is 1.63. The largest absolute Gasteiger partial charge is 0.497 e. The first-order valence-electron chi connectivity index (χ1n) is 12.5. The van der Waals surface area contributed by atoms with Crippen LogP contribution in [-0.4, -0.2) is 7.11 Å². The van der Waals surface area contributed by atoms with Crippen LogP contribution in [-0.2, 0) is 11.8 Å². The van der Waals surface area contributed by atoms with E-state index in [9.17, 15) is 0 Å². The van der Waals surface area contributed by atoms with Gasteiger partial charge < -0.3 is 4.74 Å². The van der Waals surface area contributed by atoms with E-state index in [1.807, 2.05) is 34.9 Å². The summed E-state index contributed by atoms with van der Waals surface area (Å²) in [6, 6.07) is 51.4. The Morgan fingerprint density at radius 1 is 0.500 bits per heavy atom. The zero-order valence-corrected chi connectivity index (χ0v) is 24.4. The molecule has 0 amide bonds. The van der Waals surface area contributed by atoms with Gasteiger partial charge in [0.25, 0.3) is 0 Å². The van der Waals surface area contributed by atoms with E-state index in [2.05, 4.69) is 133 Å². The van der Waals surface area contributed by atoms with E-state index in [1.165, 1.54) is 27.6 Å². The predicted molar refractivity (Wildman–Crippen MR) is 172 cm³/mol. The van der Waals surface area contributed by atoms with Gasteiger partial charge in [-0.25, -0.2) is 0 Å². The molecule has 0 saturated carbocycles. The van der Waals surface area contributed by atoms with Crippen LogP contribution in [0.2, 0.25) is 0 Å². The number of benzene rings is 5. The molecule has 5 heteroatoms. The summed E-state index contributed by atoms with van der Waals surface area (Å²) in [4.78, 5) is 0. The maximum atomic E-state index is 6.80. The van der Waals surface area contributed by atoms with Gasteiger partial charge >= 0.3 is 0 Å². The molecule has 0 aromatic heterocycles.